The SMILES string of the molecule is C[C@H](Cc1ccc2ccccc2c1)NS(=O)(=O)CC1CCOCC1. The van der Waals surface area contributed by atoms with Crippen LogP contribution in [-0.2, 0) is 21.2 Å². The minimum Gasteiger partial charge on any atom is -0.381 e. The minimum absolute atomic E-state index is 0.115. The van der Waals surface area contributed by atoms with Crippen LogP contribution in [0.1, 0.15) is 25.3 Å². The van der Waals surface area contributed by atoms with Crippen molar-refractivity contribution in [3.05, 3.63) is 48.0 Å². The molecule has 3 rings (SSSR count). The highest BCUT2D eigenvalue weighted by Crippen LogP contribution is 2.18. The summed E-state index contributed by atoms with van der Waals surface area (Å²) in [5.41, 5.74) is 1.15. The summed E-state index contributed by atoms with van der Waals surface area (Å²) in [4.78, 5) is 0. The number of sulfonamides is 1. The molecule has 2 aromatic carbocycles. The van der Waals surface area contributed by atoms with Crippen molar-refractivity contribution < 1.29 is 13.2 Å². The van der Waals surface area contributed by atoms with Crippen molar-refractivity contribution in [1.29, 1.82) is 0 Å². The molecule has 1 aliphatic heterocycles. The lowest BCUT2D eigenvalue weighted by molar-refractivity contribution is 0.0723. The number of rotatable bonds is 6. The number of ether oxygens (including phenoxy) is 1. The lowest BCUT2D eigenvalue weighted by Crippen LogP contribution is -2.38. The first-order chi connectivity index (χ1) is 11.5. The number of fused-ring (bicyclic) bond motifs is 1. The molecular formula is C19H25NO3S. The van der Waals surface area contributed by atoms with Crippen LogP contribution in [0.4, 0.5) is 0 Å². The average Bonchev–Trinajstić information content (AvgIpc) is 2.54. The highest BCUT2D eigenvalue weighted by Gasteiger charge is 2.23. The second-order valence-corrected chi connectivity index (χ2v) is 8.54. The standard InChI is InChI=1S/C19H25NO3S/c1-15(20-24(21,22)14-16-8-10-23-11-9-16)12-17-6-7-18-4-2-3-5-19(18)13-17/h2-7,13,15-16,20H,8-12,14H2,1H3/t15-/m1/s1. The van der Waals surface area contributed by atoms with E-state index in [-0.39, 0.29) is 17.7 Å². The summed E-state index contributed by atoms with van der Waals surface area (Å²) in [5.74, 6) is 0.419. The number of benzene rings is 2. The van der Waals surface area contributed by atoms with Crippen LogP contribution < -0.4 is 4.72 Å². The average molecular weight is 347 g/mol. The molecule has 24 heavy (non-hydrogen) atoms. The molecule has 1 atom stereocenters. The summed E-state index contributed by atoms with van der Waals surface area (Å²) >= 11 is 0. The molecule has 0 amide bonds. The van der Waals surface area contributed by atoms with Crippen LogP contribution in [0.3, 0.4) is 0 Å². The second-order valence-electron chi connectivity index (χ2n) is 6.74. The van der Waals surface area contributed by atoms with Gasteiger partial charge in [0.1, 0.15) is 0 Å². The first-order valence-corrected chi connectivity index (χ1v) is 10.2. The van der Waals surface area contributed by atoms with Gasteiger partial charge in [0.25, 0.3) is 0 Å². The molecule has 0 aromatic heterocycles. The Hall–Kier alpha value is -1.43. The van der Waals surface area contributed by atoms with Crippen molar-refractivity contribution in [2.75, 3.05) is 19.0 Å². The van der Waals surface area contributed by atoms with Gasteiger partial charge in [-0.3, -0.25) is 0 Å². The Kier molecular flexibility index (Phi) is 5.54. The molecular weight excluding hydrogens is 322 g/mol. The van der Waals surface area contributed by atoms with Gasteiger partial charge in [0, 0.05) is 19.3 Å². The molecule has 1 N–H and O–H groups in total. The minimum atomic E-state index is -3.25. The summed E-state index contributed by atoms with van der Waals surface area (Å²) in [5, 5.41) is 2.39. The number of nitrogens with one attached hydrogen (secondary N) is 1. The predicted molar refractivity (Wildman–Crippen MR) is 97.6 cm³/mol. The van der Waals surface area contributed by atoms with Gasteiger partial charge in [-0.25, -0.2) is 13.1 Å². The van der Waals surface area contributed by atoms with E-state index in [4.69, 9.17) is 4.74 Å². The van der Waals surface area contributed by atoms with E-state index in [2.05, 4.69) is 35.1 Å². The van der Waals surface area contributed by atoms with E-state index in [0.29, 0.717) is 19.6 Å². The van der Waals surface area contributed by atoms with Gasteiger partial charge < -0.3 is 4.74 Å². The molecule has 1 heterocycles. The molecule has 1 fully saturated rings. The second kappa shape index (κ2) is 7.64. The van der Waals surface area contributed by atoms with E-state index in [1.807, 2.05) is 19.1 Å². The maximum Gasteiger partial charge on any atom is 0.212 e. The highest BCUT2D eigenvalue weighted by atomic mass is 32.2. The molecule has 0 spiro atoms. The molecule has 5 heteroatoms. The number of hydrogen-bond acceptors (Lipinski definition) is 3. The third-order valence-corrected chi connectivity index (χ3v) is 6.20. The maximum absolute atomic E-state index is 12.4. The van der Waals surface area contributed by atoms with E-state index in [0.717, 1.165) is 18.4 Å². The van der Waals surface area contributed by atoms with E-state index in [1.54, 1.807) is 0 Å². The van der Waals surface area contributed by atoms with Crippen molar-refractivity contribution in [3.63, 3.8) is 0 Å². The summed E-state index contributed by atoms with van der Waals surface area (Å²) in [6.07, 6.45) is 2.36. The summed E-state index contributed by atoms with van der Waals surface area (Å²) < 4.78 is 32.8. The molecule has 4 nitrogen and oxygen atoms in total. The van der Waals surface area contributed by atoms with E-state index in [1.165, 1.54) is 10.8 Å². The van der Waals surface area contributed by atoms with E-state index >= 15 is 0 Å². The van der Waals surface area contributed by atoms with Gasteiger partial charge in [0.15, 0.2) is 0 Å². The number of hydrogen-bond donors (Lipinski definition) is 1. The van der Waals surface area contributed by atoms with Crippen molar-refractivity contribution in [2.45, 2.75) is 32.2 Å². The first kappa shape index (κ1) is 17.4. The van der Waals surface area contributed by atoms with Gasteiger partial charge in [0.05, 0.1) is 5.75 Å². The fourth-order valence-corrected chi connectivity index (χ4v) is 5.09. The summed E-state index contributed by atoms with van der Waals surface area (Å²) in [6.45, 7) is 3.27. The lowest BCUT2D eigenvalue weighted by atomic mass is 10.0. The Labute approximate surface area is 144 Å². The normalized spacial score (nSPS) is 17.9. The zero-order chi connectivity index (χ0) is 17.0. The monoisotopic (exact) mass is 347 g/mol. The van der Waals surface area contributed by atoms with Crippen molar-refractivity contribution in [3.8, 4) is 0 Å². The van der Waals surface area contributed by atoms with Crippen LogP contribution in [0.5, 0.6) is 0 Å². The molecule has 1 aliphatic rings. The van der Waals surface area contributed by atoms with E-state index < -0.39 is 10.0 Å². The van der Waals surface area contributed by atoms with Crippen LogP contribution in [0, 0.1) is 5.92 Å². The lowest BCUT2D eigenvalue weighted by Gasteiger charge is -2.23. The van der Waals surface area contributed by atoms with Crippen LogP contribution >= 0.6 is 0 Å². The Morgan fingerprint density at radius 1 is 1.12 bits per heavy atom. The van der Waals surface area contributed by atoms with Crippen molar-refractivity contribution >= 4 is 20.8 Å². The van der Waals surface area contributed by atoms with Crippen LogP contribution in [-0.4, -0.2) is 33.4 Å². The third kappa shape index (κ3) is 4.79. The Morgan fingerprint density at radius 3 is 2.58 bits per heavy atom. The zero-order valence-corrected chi connectivity index (χ0v) is 14.9. The molecule has 0 aliphatic carbocycles. The van der Waals surface area contributed by atoms with Crippen LogP contribution in [0.2, 0.25) is 0 Å². The quantitative estimate of drug-likeness (QED) is 0.873. The molecule has 0 unspecified atom stereocenters. The topological polar surface area (TPSA) is 55.4 Å². The summed E-state index contributed by atoms with van der Waals surface area (Å²) in [7, 11) is -3.25. The fraction of sp³-hybridized carbons (Fsp3) is 0.474. The van der Waals surface area contributed by atoms with Gasteiger partial charge in [0.2, 0.25) is 10.0 Å². The van der Waals surface area contributed by atoms with Gasteiger partial charge in [-0.15, -0.1) is 0 Å². The highest BCUT2D eigenvalue weighted by molar-refractivity contribution is 7.89. The molecule has 130 valence electrons. The van der Waals surface area contributed by atoms with Gasteiger partial charge >= 0.3 is 0 Å². The fourth-order valence-electron chi connectivity index (χ4n) is 3.34. The molecule has 0 bridgehead atoms. The van der Waals surface area contributed by atoms with Crippen LogP contribution in [0.25, 0.3) is 10.8 Å². The zero-order valence-electron chi connectivity index (χ0n) is 14.1. The Balaban J connectivity index is 1.59. The van der Waals surface area contributed by atoms with Crippen LogP contribution in [0.15, 0.2) is 42.5 Å². The van der Waals surface area contributed by atoms with E-state index in [9.17, 15) is 8.42 Å². The first-order valence-electron chi connectivity index (χ1n) is 8.57. The van der Waals surface area contributed by atoms with Gasteiger partial charge in [-0.1, -0.05) is 42.5 Å². The summed E-state index contributed by atoms with van der Waals surface area (Å²) in [6, 6.07) is 14.4. The van der Waals surface area contributed by atoms with Crippen molar-refractivity contribution in [2.24, 2.45) is 5.92 Å². The smallest absolute Gasteiger partial charge is 0.212 e. The molecule has 0 radical (unpaired) electrons. The maximum atomic E-state index is 12.4. The molecule has 1 saturated heterocycles. The Morgan fingerprint density at radius 2 is 1.83 bits per heavy atom. The Bertz CT molecular complexity index is 782. The third-order valence-electron chi connectivity index (χ3n) is 4.53. The van der Waals surface area contributed by atoms with Gasteiger partial charge in [-0.2, -0.15) is 0 Å². The largest absolute Gasteiger partial charge is 0.381 e. The molecule has 2 aromatic rings. The molecule has 0 saturated carbocycles. The van der Waals surface area contributed by atoms with Crippen molar-refractivity contribution in [1.82, 2.24) is 4.72 Å². The van der Waals surface area contributed by atoms with Gasteiger partial charge in [-0.05, 0) is 48.4 Å². The predicted octanol–water partition coefficient (Wildman–Crippen LogP) is 3.12.